The van der Waals surface area contributed by atoms with Crippen molar-refractivity contribution in [2.45, 2.75) is 12.6 Å². The summed E-state index contributed by atoms with van der Waals surface area (Å²) in [6.45, 7) is 4.52. The fourth-order valence-corrected chi connectivity index (χ4v) is 4.35. The Morgan fingerprint density at radius 3 is 2.81 bits per heavy atom. The van der Waals surface area contributed by atoms with E-state index in [0.29, 0.717) is 29.2 Å². The largest absolute Gasteiger partial charge is 0.397 e. The summed E-state index contributed by atoms with van der Waals surface area (Å²) in [4.78, 5) is 28.0. The number of hydrogen-bond donors (Lipinski definition) is 3. The number of fused-ring (bicyclic) bond motifs is 2. The van der Waals surface area contributed by atoms with E-state index in [2.05, 4.69) is 38.7 Å². The Morgan fingerprint density at radius 2 is 2.00 bits per heavy atom. The average molecular weight is 419 g/mol. The van der Waals surface area contributed by atoms with Gasteiger partial charge in [-0.15, -0.1) is 0 Å². The number of nitrogens with one attached hydrogen (secondary N) is 2. The number of para-hydroxylation sites is 1. The molecule has 2 aromatic heterocycles. The predicted octanol–water partition coefficient (Wildman–Crippen LogP) is 2.77. The maximum atomic E-state index is 12.8. The first-order valence-electron chi connectivity index (χ1n) is 10.3. The summed E-state index contributed by atoms with van der Waals surface area (Å²) in [5.41, 5.74) is 9.76. The monoisotopic (exact) mass is 418 g/mol. The minimum Gasteiger partial charge on any atom is -0.397 e. The molecule has 1 unspecified atom stereocenters. The van der Waals surface area contributed by atoms with Gasteiger partial charge in [-0.25, -0.2) is 4.98 Å². The number of likely N-dealkylation sites (N-methyl/N-ethyl adjacent to an activating group) is 2. The van der Waals surface area contributed by atoms with Gasteiger partial charge in [-0.3, -0.25) is 9.69 Å². The SMILES string of the molecule is CN1CCOC(C)(N(C)c2ccc3nc(-c4c(N)c5ccccc5[nH]c4=O)[nH]c3c2)C1. The highest BCUT2D eigenvalue weighted by Gasteiger charge is 2.35. The average Bonchev–Trinajstić information content (AvgIpc) is 3.15. The quantitative estimate of drug-likeness (QED) is 0.473. The number of nitrogen functional groups attached to an aromatic ring is 1. The van der Waals surface area contributed by atoms with Gasteiger partial charge in [-0.2, -0.15) is 0 Å². The highest BCUT2D eigenvalue weighted by atomic mass is 16.5. The summed E-state index contributed by atoms with van der Waals surface area (Å²) in [5, 5.41) is 0.796. The van der Waals surface area contributed by atoms with E-state index in [1.165, 1.54) is 0 Å². The van der Waals surface area contributed by atoms with Crippen molar-refractivity contribution >= 4 is 33.3 Å². The van der Waals surface area contributed by atoms with Crippen LogP contribution in [0.3, 0.4) is 0 Å². The molecule has 0 bridgehead atoms. The van der Waals surface area contributed by atoms with Crippen LogP contribution in [0.2, 0.25) is 0 Å². The molecule has 0 aliphatic carbocycles. The highest BCUT2D eigenvalue weighted by molar-refractivity contribution is 5.97. The lowest BCUT2D eigenvalue weighted by atomic mass is 10.1. The van der Waals surface area contributed by atoms with Crippen LogP contribution in [-0.4, -0.2) is 59.4 Å². The molecular weight excluding hydrogens is 392 g/mol. The van der Waals surface area contributed by atoms with Gasteiger partial charge in [0, 0.05) is 31.2 Å². The van der Waals surface area contributed by atoms with Gasteiger partial charge in [0.25, 0.3) is 5.56 Å². The molecule has 8 heteroatoms. The second-order valence-electron chi connectivity index (χ2n) is 8.40. The van der Waals surface area contributed by atoms with Gasteiger partial charge in [0.15, 0.2) is 5.72 Å². The first-order chi connectivity index (χ1) is 14.9. The third kappa shape index (κ3) is 3.24. The van der Waals surface area contributed by atoms with Crippen molar-refractivity contribution in [3.63, 3.8) is 0 Å². The number of H-pyrrole nitrogens is 2. The van der Waals surface area contributed by atoms with Gasteiger partial charge in [-0.1, -0.05) is 18.2 Å². The van der Waals surface area contributed by atoms with E-state index < -0.39 is 5.72 Å². The molecule has 1 fully saturated rings. The lowest BCUT2D eigenvalue weighted by molar-refractivity contribution is -0.0894. The molecule has 4 N–H and O–H groups in total. The number of benzene rings is 2. The zero-order valence-corrected chi connectivity index (χ0v) is 17.9. The standard InChI is InChI=1S/C23H26N6O2/c1-23(13-28(2)10-11-31-23)29(3)14-8-9-17-18(12-14)26-21(25-17)19-20(24)15-6-4-5-7-16(15)27-22(19)30/h4-9,12H,10-11,13H2,1-3H3,(H,25,26)(H3,24,27,30). The van der Waals surface area contributed by atoms with Crippen molar-refractivity contribution < 1.29 is 4.74 Å². The third-order valence-electron chi connectivity index (χ3n) is 6.21. The smallest absolute Gasteiger partial charge is 0.261 e. The van der Waals surface area contributed by atoms with E-state index in [1.807, 2.05) is 49.5 Å². The summed E-state index contributed by atoms with van der Waals surface area (Å²) in [6.07, 6.45) is 0. The van der Waals surface area contributed by atoms with Gasteiger partial charge in [0.2, 0.25) is 0 Å². The molecular formula is C23H26N6O2. The van der Waals surface area contributed by atoms with Crippen LogP contribution < -0.4 is 16.2 Å². The number of nitrogens with zero attached hydrogens (tertiary/aromatic N) is 3. The molecule has 1 aliphatic rings. The number of pyridine rings is 1. The van der Waals surface area contributed by atoms with Gasteiger partial charge >= 0.3 is 0 Å². The lowest BCUT2D eigenvalue weighted by Crippen LogP contribution is -2.58. The topological polar surface area (TPSA) is 103 Å². The van der Waals surface area contributed by atoms with Crippen molar-refractivity contribution in [2.24, 2.45) is 0 Å². The van der Waals surface area contributed by atoms with E-state index in [1.54, 1.807) is 0 Å². The normalized spacial score (nSPS) is 19.8. The Bertz CT molecular complexity index is 1340. The summed E-state index contributed by atoms with van der Waals surface area (Å²) in [5.74, 6) is 0.458. The Kier molecular flexibility index (Phi) is 4.49. The van der Waals surface area contributed by atoms with Crippen molar-refractivity contribution in [1.82, 2.24) is 19.9 Å². The molecule has 1 saturated heterocycles. The van der Waals surface area contributed by atoms with Gasteiger partial charge in [0.05, 0.1) is 28.8 Å². The van der Waals surface area contributed by atoms with Crippen LogP contribution in [0.1, 0.15) is 6.92 Å². The van der Waals surface area contributed by atoms with Gasteiger partial charge in [-0.05, 0) is 38.2 Å². The number of nitrogens with two attached hydrogens (primary N) is 1. The number of rotatable bonds is 3. The third-order valence-corrected chi connectivity index (χ3v) is 6.21. The van der Waals surface area contributed by atoms with Crippen molar-refractivity contribution in [2.75, 3.05) is 44.4 Å². The first kappa shape index (κ1) is 19.6. The molecule has 8 nitrogen and oxygen atoms in total. The molecule has 1 aliphatic heterocycles. The summed E-state index contributed by atoms with van der Waals surface area (Å²) < 4.78 is 6.11. The summed E-state index contributed by atoms with van der Waals surface area (Å²) >= 11 is 0. The zero-order valence-electron chi connectivity index (χ0n) is 17.9. The molecule has 1 atom stereocenters. The molecule has 2 aromatic carbocycles. The van der Waals surface area contributed by atoms with Crippen LogP contribution in [0.15, 0.2) is 47.3 Å². The van der Waals surface area contributed by atoms with E-state index in [4.69, 9.17) is 10.5 Å². The van der Waals surface area contributed by atoms with Crippen molar-refractivity contribution in [3.8, 4) is 11.4 Å². The van der Waals surface area contributed by atoms with Crippen LogP contribution >= 0.6 is 0 Å². The Labute approximate surface area is 179 Å². The van der Waals surface area contributed by atoms with E-state index >= 15 is 0 Å². The fraction of sp³-hybridized carbons (Fsp3) is 0.304. The van der Waals surface area contributed by atoms with Gasteiger partial charge < -0.3 is 25.3 Å². The van der Waals surface area contributed by atoms with E-state index in [-0.39, 0.29) is 5.56 Å². The second kappa shape index (κ2) is 7.11. The molecule has 0 amide bonds. The van der Waals surface area contributed by atoms with E-state index in [0.717, 1.165) is 35.2 Å². The minimum absolute atomic E-state index is 0.265. The molecule has 4 aromatic rings. The van der Waals surface area contributed by atoms with E-state index in [9.17, 15) is 4.79 Å². The summed E-state index contributed by atoms with van der Waals surface area (Å²) in [6, 6.07) is 13.5. The van der Waals surface area contributed by atoms with Crippen molar-refractivity contribution in [3.05, 3.63) is 52.8 Å². The van der Waals surface area contributed by atoms with Crippen LogP contribution in [-0.2, 0) is 4.74 Å². The number of ether oxygens (including phenoxy) is 1. The Morgan fingerprint density at radius 1 is 1.19 bits per heavy atom. The Hall–Kier alpha value is -3.36. The number of aromatic amines is 2. The van der Waals surface area contributed by atoms with Crippen LogP contribution in [0.4, 0.5) is 11.4 Å². The van der Waals surface area contributed by atoms with Gasteiger partial charge in [0.1, 0.15) is 11.4 Å². The number of hydrogen-bond acceptors (Lipinski definition) is 6. The second-order valence-corrected chi connectivity index (χ2v) is 8.40. The number of morpholine rings is 1. The zero-order chi connectivity index (χ0) is 21.8. The molecule has 0 saturated carbocycles. The predicted molar refractivity (Wildman–Crippen MR) is 124 cm³/mol. The fourth-order valence-electron chi connectivity index (χ4n) is 4.35. The maximum absolute atomic E-state index is 12.8. The van der Waals surface area contributed by atoms with Crippen LogP contribution in [0.25, 0.3) is 33.3 Å². The van der Waals surface area contributed by atoms with Crippen LogP contribution in [0.5, 0.6) is 0 Å². The number of anilines is 2. The molecule has 0 radical (unpaired) electrons. The summed E-state index contributed by atoms with van der Waals surface area (Å²) in [7, 11) is 4.13. The minimum atomic E-state index is -0.427. The Balaban J connectivity index is 1.57. The maximum Gasteiger partial charge on any atom is 0.261 e. The van der Waals surface area contributed by atoms with Crippen LogP contribution in [0, 0.1) is 0 Å². The number of aromatic nitrogens is 3. The molecule has 3 heterocycles. The number of imidazole rings is 1. The highest BCUT2D eigenvalue weighted by Crippen LogP contribution is 2.31. The first-order valence-corrected chi connectivity index (χ1v) is 10.3. The lowest BCUT2D eigenvalue weighted by Gasteiger charge is -2.45. The van der Waals surface area contributed by atoms with Crippen molar-refractivity contribution in [1.29, 1.82) is 0 Å². The molecule has 160 valence electrons. The molecule has 0 spiro atoms. The molecule has 5 rings (SSSR count). The molecule has 31 heavy (non-hydrogen) atoms.